The van der Waals surface area contributed by atoms with Crippen LogP contribution in [0.1, 0.15) is 31.2 Å². The second-order valence-electron chi connectivity index (χ2n) is 8.43. The first-order chi connectivity index (χ1) is 13.4. The van der Waals surface area contributed by atoms with Gasteiger partial charge >= 0.3 is 0 Å². The molecule has 2 amide bonds. The van der Waals surface area contributed by atoms with E-state index in [0.717, 1.165) is 37.8 Å². The van der Waals surface area contributed by atoms with Crippen LogP contribution in [0.15, 0.2) is 24.3 Å². The zero-order chi connectivity index (χ0) is 19.7. The Bertz CT molecular complexity index is 727. The molecule has 1 atom stereocenters. The zero-order valence-corrected chi connectivity index (χ0v) is 16.3. The lowest BCUT2D eigenvalue weighted by molar-refractivity contribution is -0.183. The van der Waals surface area contributed by atoms with Crippen LogP contribution in [0.3, 0.4) is 0 Å². The number of hydrogen-bond acceptors (Lipinski definition) is 4. The standard InChI is InChI=1S/C21H28FN3O3/c1-24-13-18(19(26)23-12-15-2-6-17(22)7-3-15)28-21(14-24)8-10-25(11-9-21)20(27)16-4-5-16/h2-3,6-7,16,18H,4-5,8-14H2,1H3,(H,23,26)/t18-/m0/s1. The summed E-state index contributed by atoms with van der Waals surface area (Å²) in [7, 11) is 2.01. The minimum Gasteiger partial charge on any atom is -0.359 e. The Hall–Kier alpha value is -1.99. The van der Waals surface area contributed by atoms with Crippen LogP contribution in [0.4, 0.5) is 4.39 Å². The van der Waals surface area contributed by atoms with Crippen LogP contribution in [0.2, 0.25) is 0 Å². The third kappa shape index (κ3) is 4.36. The number of carbonyl (C=O) groups is 2. The number of benzene rings is 1. The van der Waals surface area contributed by atoms with Crippen molar-refractivity contribution in [1.82, 2.24) is 15.1 Å². The Kier molecular flexibility index (Phi) is 5.38. The number of hydrogen-bond donors (Lipinski definition) is 1. The smallest absolute Gasteiger partial charge is 0.250 e. The van der Waals surface area contributed by atoms with Gasteiger partial charge in [-0.3, -0.25) is 9.59 Å². The van der Waals surface area contributed by atoms with Crippen molar-refractivity contribution in [3.63, 3.8) is 0 Å². The average Bonchev–Trinajstić information content (AvgIpc) is 3.52. The first kappa shape index (κ1) is 19.3. The molecule has 0 bridgehead atoms. The van der Waals surface area contributed by atoms with E-state index in [1.165, 1.54) is 12.1 Å². The molecule has 4 rings (SSSR count). The van der Waals surface area contributed by atoms with E-state index in [9.17, 15) is 14.0 Å². The Labute approximate surface area is 165 Å². The van der Waals surface area contributed by atoms with Crippen molar-refractivity contribution in [2.24, 2.45) is 5.92 Å². The lowest BCUT2D eigenvalue weighted by Gasteiger charge is -2.48. The first-order valence-electron chi connectivity index (χ1n) is 10.1. The van der Waals surface area contributed by atoms with E-state index in [-0.39, 0.29) is 29.2 Å². The Balaban J connectivity index is 1.33. The maximum absolute atomic E-state index is 13.0. The molecule has 6 nitrogen and oxygen atoms in total. The number of amides is 2. The lowest BCUT2D eigenvalue weighted by atomic mass is 9.88. The summed E-state index contributed by atoms with van der Waals surface area (Å²) in [5, 5.41) is 2.90. The summed E-state index contributed by atoms with van der Waals surface area (Å²) < 4.78 is 19.3. The van der Waals surface area contributed by atoms with E-state index >= 15 is 0 Å². The van der Waals surface area contributed by atoms with Crippen molar-refractivity contribution < 1.29 is 18.7 Å². The molecule has 28 heavy (non-hydrogen) atoms. The quantitative estimate of drug-likeness (QED) is 0.849. The Morgan fingerprint density at radius 1 is 1.21 bits per heavy atom. The highest BCUT2D eigenvalue weighted by molar-refractivity contribution is 5.81. The molecule has 2 heterocycles. The summed E-state index contributed by atoms with van der Waals surface area (Å²) >= 11 is 0. The number of morpholine rings is 1. The molecule has 3 aliphatic rings. The maximum atomic E-state index is 13.0. The van der Waals surface area contributed by atoms with Crippen molar-refractivity contribution in [2.75, 3.05) is 33.2 Å². The first-order valence-corrected chi connectivity index (χ1v) is 10.1. The van der Waals surface area contributed by atoms with Crippen molar-refractivity contribution in [1.29, 1.82) is 0 Å². The van der Waals surface area contributed by atoms with Crippen molar-refractivity contribution >= 4 is 11.8 Å². The molecular formula is C21H28FN3O3. The number of nitrogens with zero attached hydrogens (tertiary/aromatic N) is 2. The molecule has 152 valence electrons. The van der Waals surface area contributed by atoms with Crippen LogP contribution in [-0.4, -0.2) is 66.5 Å². The number of piperidine rings is 1. The molecule has 1 aromatic carbocycles. The van der Waals surface area contributed by atoms with Crippen molar-refractivity contribution in [3.8, 4) is 0 Å². The second kappa shape index (κ2) is 7.79. The molecule has 2 saturated heterocycles. The number of rotatable bonds is 4. The van der Waals surface area contributed by atoms with E-state index in [0.29, 0.717) is 26.2 Å². The highest BCUT2D eigenvalue weighted by Crippen LogP contribution is 2.36. The average molecular weight is 389 g/mol. The largest absolute Gasteiger partial charge is 0.359 e. The summed E-state index contributed by atoms with van der Waals surface area (Å²) in [5.41, 5.74) is 0.478. The van der Waals surface area contributed by atoms with Gasteiger partial charge in [0.1, 0.15) is 11.9 Å². The molecule has 1 aromatic rings. The Morgan fingerprint density at radius 2 is 1.89 bits per heavy atom. The molecule has 1 N–H and O–H groups in total. The molecule has 1 aliphatic carbocycles. The number of ether oxygens (including phenoxy) is 1. The van der Waals surface area contributed by atoms with Gasteiger partial charge in [0.05, 0.1) is 5.60 Å². The van der Waals surface area contributed by atoms with Gasteiger partial charge in [-0.1, -0.05) is 12.1 Å². The summed E-state index contributed by atoms with van der Waals surface area (Å²) in [4.78, 5) is 29.1. The molecule has 7 heteroatoms. The molecule has 2 aliphatic heterocycles. The summed E-state index contributed by atoms with van der Waals surface area (Å²) in [6.45, 7) is 3.07. The van der Waals surface area contributed by atoms with Gasteiger partial charge in [-0.05, 0) is 50.4 Å². The van der Waals surface area contributed by atoms with Crippen LogP contribution >= 0.6 is 0 Å². The van der Waals surface area contributed by atoms with E-state index in [1.807, 2.05) is 11.9 Å². The molecule has 0 radical (unpaired) electrons. The van der Waals surface area contributed by atoms with Gasteiger partial charge in [0, 0.05) is 38.6 Å². The minimum atomic E-state index is -0.537. The van der Waals surface area contributed by atoms with E-state index in [1.54, 1.807) is 12.1 Å². The fourth-order valence-electron chi connectivity index (χ4n) is 4.26. The minimum absolute atomic E-state index is 0.147. The van der Waals surface area contributed by atoms with Crippen molar-refractivity contribution in [2.45, 2.75) is 43.9 Å². The molecule has 3 fully saturated rings. The van der Waals surface area contributed by atoms with Crippen LogP contribution in [0.25, 0.3) is 0 Å². The van der Waals surface area contributed by atoms with Crippen LogP contribution < -0.4 is 5.32 Å². The van der Waals surface area contributed by atoms with E-state index in [4.69, 9.17) is 4.74 Å². The van der Waals surface area contributed by atoms with Crippen LogP contribution in [0.5, 0.6) is 0 Å². The molecule has 1 spiro atoms. The number of likely N-dealkylation sites (tertiary alicyclic amines) is 1. The summed E-state index contributed by atoms with van der Waals surface area (Å²) in [6, 6.07) is 6.10. The number of likely N-dealkylation sites (N-methyl/N-ethyl adjacent to an activating group) is 1. The van der Waals surface area contributed by atoms with E-state index in [2.05, 4.69) is 10.2 Å². The van der Waals surface area contributed by atoms with Gasteiger partial charge in [0.15, 0.2) is 0 Å². The summed E-state index contributed by atoms with van der Waals surface area (Å²) in [5.74, 6) is 0.0918. The summed E-state index contributed by atoms with van der Waals surface area (Å²) in [6.07, 6.45) is 3.03. The van der Waals surface area contributed by atoms with Gasteiger partial charge in [-0.15, -0.1) is 0 Å². The van der Waals surface area contributed by atoms with Gasteiger partial charge in [-0.2, -0.15) is 0 Å². The highest BCUT2D eigenvalue weighted by Gasteiger charge is 2.45. The number of halogens is 1. The SMILES string of the molecule is CN1C[C@@H](C(=O)NCc2ccc(F)cc2)OC2(CCN(C(=O)C3CC3)CC2)C1. The molecule has 0 unspecified atom stereocenters. The van der Waals surface area contributed by atoms with Crippen molar-refractivity contribution in [3.05, 3.63) is 35.6 Å². The van der Waals surface area contributed by atoms with Crippen LogP contribution in [0, 0.1) is 11.7 Å². The number of carbonyl (C=O) groups excluding carboxylic acids is 2. The zero-order valence-electron chi connectivity index (χ0n) is 16.3. The third-order valence-electron chi connectivity index (χ3n) is 6.01. The molecular weight excluding hydrogens is 361 g/mol. The monoisotopic (exact) mass is 389 g/mol. The topological polar surface area (TPSA) is 61.9 Å². The highest BCUT2D eigenvalue weighted by atomic mass is 19.1. The predicted octanol–water partition coefficient (Wildman–Crippen LogP) is 1.54. The van der Waals surface area contributed by atoms with Gasteiger partial charge in [0.25, 0.3) is 5.91 Å². The van der Waals surface area contributed by atoms with Gasteiger partial charge in [-0.25, -0.2) is 4.39 Å². The fourth-order valence-corrected chi connectivity index (χ4v) is 4.26. The van der Waals surface area contributed by atoms with Crippen LogP contribution in [-0.2, 0) is 20.9 Å². The lowest BCUT2D eigenvalue weighted by Crippen LogP contribution is -2.61. The normalized spacial score (nSPS) is 24.9. The van der Waals surface area contributed by atoms with Gasteiger partial charge in [0.2, 0.25) is 5.91 Å². The van der Waals surface area contributed by atoms with Gasteiger partial charge < -0.3 is 19.9 Å². The molecule has 0 aromatic heterocycles. The van der Waals surface area contributed by atoms with E-state index < -0.39 is 6.10 Å². The maximum Gasteiger partial charge on any atom is 0.250 e. The predicted molar refractivity (Wildman–Crippen MR) is 102 cm³/mol. The second-order valence-corrected chi connectivity index (χ2v) is 8.43. The fraction of sp³-hybridized carbons (Fsp3) is 0.619. The third-order valence-corrected chi connectivity index (χ3v) is 6.01. The molecule has 1 saturated carbocycles. The Morgan fingerprint density at radius 3 is 2.54 bits per heavy atom. The number of nitrogens with one attached hydrogen (secondary N) is 1.